The van der Waals surface area contributed by atoms with Crippen LogP contribution in [0.2, 0.25) is 0 Å². The molecule has 2 heterocycles. The molecule has 2 rings (SSSR count). The summed E-state index contributed by atoms with van der Waals surface area (Å²) in [5, 5.41) is 0. The van der Waals surface area contributed by atoms with E-state index in [2.05, 4.69) is 24.9 Å². The number of likely N-dealkylation sites (tertiary alicyclic amines) is 1. The SMILES string of the molecule is CC1=CC2(CN(C)C2)OC1. The van der Waals surface area contributed by atoms with Gasteiger partial charge in [0, 0.05) is 13.1 Å². The third-order valence-electron chi connectivity index (χ3n) is 2.17. The molecule has 0 atom stereocenters. The molecule has 0 aromatic heterocycles. The Morgan fingerprint density at radius 3 is 2.70 bits per heavy atom. The van der Waals surface area contributed by atoms with Crippen LogP contribution in [0.4, 0.5) is 0 Å². The van der Waals surface area contributed by atoms with Gasteiger partial charge in [0.05, 0.1) is 6.61 Å². The molecule has 0 aromatic carbocycles. The van der Waals surface area contributed by atoms with Gasteiger partial charge in [-0.1, -0.05) is 0 Å². The molecule has 56 valence electrons. The first kappa shape index (κ1) is 6.38. The Balaban J connectivity index is 2.07. The zero-order chi connectivity index (χ0) is 7.19. The van der Waals surface area contributed by atoms with E-state index in [9.17, 15) is 0 Å². The molecule has 0 N–H and O–H groups in total. The van der Waals surface area contributed by atoms with Gasteiger partial charge in [-0.25, -0.2) is 0 Å². The van der Waals surface area contributed by atoms with Crippen molar-refractivity contribution in [2.24, 2.45) is 0 Å². The monoisotopic (exact) mass is 139 g/mol. The van der Waals surface area contributed by atoms with Gasteiger partial charge >= 0.3 is 0 Å². The summed E-state index contributed by atoms with van der Waals surface area (Å²) in [6.45, 7) is 5.12. The molecular weight excluding hydrogens is 126 g/mol. The second-order valence-electron chi connectivity index (χ2n) is 3.52. The van der Waals surface area contributed by atoms with Crippen molar-refractivity contribution in [2.75, 3.05) is 26.7 Å². The van der Waals surface area contributed by atoms with E-state index in [-0.39, 0.29) is 5.60 Å². The summed E-state index contributed by atoms with van der Waals surface area (Å²) in [6.07, 6.45) is 2.27. The van der Waals surface area contributed by atoms with E-state index in [0.29, 0.717) is 0 Å². The number of rotatable bonds is 0. The third-order valence-corrected chi connectivity index (χ3v) is 2.17. The fourth-order valence-corrected chi connectivity index (χ4v) is 1.84. The number of hydrogen-bond acceptors (Lipinski definition) is 2. The lowest BCUT2D eigenvalue weighted by Gasteiger charge is -2.43. The highest BCUT2D eigenvalue weighted by molar-refractivity contribution is 5.21. The highest BCUT2D eigenvalue weighted by atomic mass is 16.5. The fraction of sp³-hybridized carbons (Fsp3) is 0.750. The molecule has 1 spiro atoms. The average molecular weight is 139 g/mol. The number of likely N-dealkylation sites (N-methyl/N-ethyl adjacent to an activating group) is 1. The van der Waals surface area contributed by atoms with Gasteiger partial charge in [0.2, 0.25) is 0 Å². The number of ether oxygens (including phenoxy) is 1. The van der Waals surface area contributed by atoms with Gasteiger partial charge in [0.15, 0.2) is 0 Å². The summed E-state index contributed by atoms with van der Waals surface area (Å²) in [7, 11) is 2.12. The summed E-state index contributed by atoms with van der Waals surface area (Å²) in [5.74, 6) is 0. The van der Waals surface area contributed by atoms with Crippen molar-refractivity contribution in [2.45, 2.75) is 12.5 Å². The molecule has 0 saturated carbocycles. The van der Waals surface area contributed by atoms with Crippen molar-refractivity contribution >= 4 is 0 Å². The van der Waals surface area contributed by atoms with Gasteiger partial charge in [0.1, 0.15) is 5.60 Å². The zero-order valence-corrected chi connectivity index (χ0v) is 6.55. The summed E-state index contributed by atoms with van der Waals surface area (Å²) >= 11 is 0. The van der Waals surface area contributed by atoms with Gasteiger partial charge in [-0.15, -0.1) is 0 Å². The van der Waals surface area contributed by atoms with Crippen LogP contribution in [0.5, 0.6) is 0 Å². The van der Waals surface area contributed by atoms with Crippen molar-refractivity contribution in [3.63, 3.8) is 0 Å². The van der Waals surface area contributed by atoms with Crippen LogP contribution in [-0.2, 0) is 4.74 Å². The van der Waals surface area contributed by atoms with Crippen LogP contribution >= 0.6 is 0 Å². The minimum atomic E-state index is 0.124. The van der Waals surface area contributed by atoms with Gasteiger partial charge in [-0.05, 0) is 25.6 Å². The van der Waals surface area contributed by atoms with Crippen LogP contribution in [0.15, 0.2) is 11.6 Å². The Morgan fingerprint density at radius 2 is 2.30 bits per heavy atom. The van der Waals surface area contributed by atoms with E-state index >= 15 is 0 Å². The second-order valence-corrected chi connectivity index (χ2v) is 3.52. The van der Waals surface area contributed by atoms with Crippen LogP contribution in [-0.4, -0.2) is 37.2 Å². The number of nitrogens with zero attached hydrogens (tertiary/aromatic N) is 1. The van der Waals surface area contributed by atoms with Gasteiger partial charge in [0.25, 0.3) is 0 Å². The molecule has 2 aliphatic rings. The van der Waals surface area contributed by atoms with Crippen molar-refractivity contribution in [1.29, 1.82) is 0 Å². The molecule has 0 unspecified atom stereocenters. The molecule has 0 aliphatic carbocycles. The fourth-order valence-electron chi connectivity index (χ4n) is 1.84. The summed E-state index contributed by atoms with van der Waals surface area (Å²) < 4.78 is 5.62. The highest BCUT2D eigenvalue weighted by Crippen LogP contribution is 2.31. The van der Waals surface area contributed by atoms with Crippen molar-refractivity contribution in [3.8, 4) is 0 Å². The number of hydrogen-bond donors (Lipinski definition) is 0. The minimum Gasteiger partial charge on any atom is -0.364 e. The van der Waals surface area contributed by atoms with E-state index in [1.165, 1.54) is 5.57 Å². The Bertz CT molecular complexity index is 180. The quantitative estimate of drug-likeness (QED) is 0.457. The predicted octanol–water partition coefficient (Wildman–Crippen LogP) is 0.647. The topological polar surface area (TPSA) is 12.5 Å². The summed E-state index contributed by atoms with van der Waals surface area (Å²) in [5.41, 5.74) is 1.51. The standard InChI is InChI=1S/C8H13NO/c1-7-3-8(10-4-7)5-9(2)6-8/h3H,4-6H2,1-2H3. The van der Waals surface area contributed by atoms with Crippen molar-refractivity contribution in [3.05, 3.63) is 11.6 Å². The van der Waals surface area contributed by atoms with Crippen molar-refractivity contribution < 1.29 is 4.74 Å². The molecule has 0 radical (unpaired) electrons. The van der Waals surface area contributed by atoms with E-state index < -0.39 is 0 Å². The van der Waals surface area contributed by atoms with Crippen LogP contribution < -0.4 is 0 Å². The van der Waals surface area contributed by atoms with Crippen LogP contribution in [0, 0.1) is 0 Å². The molecule has 10 heavy (non-hydrogen) atoms. The van der Waals surface area contributed by atoms with E-state index in [0.717, 1.165) is 19.7 Å². The molecular formula is C8H13NO. The predicted molar refractivity (Wildman–Crippen MR) is 39.9 cm³/mol. The first-order valence-electron chi connectivity index (χ1n) is 3.71. The van der Waals surface area contributed by atoms with Crippen molar-refractivity contribution in [1.82, 2.24) is 4.90 Å². The molecule has 0 bridgehead atoms. The molecule has 2 heteroatoms. The van der Waals surface area contributed by atoms with Gasteiger partial charge in [-0.2, -0.15) is 0 Å². The first-order chi connectivity index (χ1) is 4.70. The molecule has 2 nitrogen and oxygen atoms in total. The zero-order valence-electron chi connectivity index (χ0n) is 6.55. The Kier molecular flexibility index (Phi) is 1.17. The Hall–Kier alpha value is -0.340. The smallest absolute Gasteiger partial charge is 0.112 e. The van der Waals surface area contributed by atoms with Crippen LogP contribution in [0.3, 0.4) is 0 Å². The Morgan fingerprint density at radius 1 is 1.60 bits per heavy atom. The molecule has 2 aliphatic heterocycles. The minimum absolute atomic E-state index is 0.124. The third kappa shape index (κ3) is 0.796. The van der Waals surface area contributed by atoms with E-state index in [1.807, 2.05) is 0 Å². The highest BCUT2D eigenvalue weighted by Gasteiger charge is 2.42. The lowest BCUT2D eigenvalue weighted by Crippen LogP contribution is -2.58. The maximum absolute atomic E-state index is 5.62. The summed E-state index contributed by atoms with van der Waals surface area (Å²) in [4.78, 5) is 2.27. The maximum atomic E-state index is 5.62. The van der Waals surface area contributed by atoms with E-state index in [4.69, 9.17) is 4.74 Å². The van der Waals surface area contributed by atoms with Gasteiger partial charge in [-0.3, -0.25) is 4.90 Å². The Labute approximate surface area is 61.5 Å². The normalized spacial score (nSPS) is 30.4. The van der Waals surface area contributed by atoms with Crippen LogP contribution in [0.25, 0.3) is 0 Å². The molecule has 0 amide bonds. The molecule has 1 saturated heterocycles. The molecule has 1 fully saturated rings. The van der Waals surface area contributed by atoms with Gasteiger partial charge < -0.3 is 4.74 Å². The molecule has 0 aromatic rings. The maximum Gasteiger partial charge on any atom is 0.112 e. The lowest BCUT2D eigenvalue weighted by atomic mass is 9.94. The summed E-state index contributed by atoms with van der Waals surface area (Å²) in [6, 6.07) is 0. The van der Waals surface area contributed by atoms with Crippen LogP contribution in [0.1, 0.15) is 6.92 Å². The lowest BCUT2D eigenvalue weighted by molar-refractivity contribution is -0.0801. The first-order valence-corrected chi connectivity index (χ1v) is 3.71. The van der Waals surface area contributed by atoms with E-state index in [1.54, 1.807) is 0 Å². The average Bonchev–Trinajstić information content (AvgIpc) is 2.10. The largest absolute Gasteiger partial charge is 0.364 e. The second kappa shape index (κ2) is 1.83.